The summed E-state index contributed by atoms with van der Waals surface area (Å²) < 4.78 is 2.19. The van der Waals surface area contributed by atoms with Crippen molar-refractivity contribution in [2.45, 2.75) is 20.3 Å². The molecule has 0 fully saturated rings. The van der Waals surface area contributed by atoms with Crippen LogP contribution in [0.25, 0.3) is 16.9 Å². The van der Waals surface area contributed by atoms with Crippen LogP contribution in [0.4, 0.5) is 0 Å². The maximum atomic E-state index is 12.4. The van der Waals surface area contributed by atoms with Gasteiger partial charge in [-0.2, -0.15) is 0 Å². The van der Waals surface area contributed by atoms with Gasteiger partial charge in [-0.1, -0.05) is 24.6 Å². The number of nitrogens with zero attached hydrogens (tertiary/aromatic N) is 3. The van der Waals surface area contributed by atoms with Gasteiger partial charge < -0.3 is 14.8 Å². The van der Waals surface area contributed by atoms with Crippen LogP contribution in [0.15, 0.2) is 48.8 Å². The summed E-state index contributed by atoms with van der Waals surface area (Å²) in [6.45, 7) is 5.58. The number of carbonyl (C=O) groups is 1. The average Bonchev–Trinajstić information content (AvgIpc) is 3.11. The molecule has 2 heterocycles. The van der Waals surface area contributed by atoms with Crippen LogP contribution in [0, 0.1) is 6.92 Å². The number of hydrogen-bond donors (Lipinski definition) is 1. The van der Waals surface area contributed by atoms with Gasteiger partial charge in [0.05, 0.1) is 22.6 Å². The lowest BCUT2D eigenvalue weighted by molar-refractivity contribution is 0.0951. The number of aryl methyl sites for hydroxylation is 2. The minimum absolute atomic E-state index is 0.118. The SMILES string of the molecule is CCc1ccc(-c2ccc(C(=O)NCCN(C)C)cc2Cl)n1-c1cnccc1C. The summed E-state index contributed by atoms with van der Waals surface area (Å²) in [7, 11) is 3.95. The number of hydrogen-bond acceptors (Lipinski definition) is 3. The second kappa shape index (κ2) is 9.25. The van der Waals surface area contributed by atoms with Gasteiger partial charge in [-0.25, -0.2) is 0 Å². The van der Waals surface area contributed by atoms with Gasteiger partial charge >= 0.3 is 0 Å². The fourth-order valence-corrected chi connectivity index (χ4v) is 3.58. The van der Waals surface area contributed by atoms with Crippen molar-refractivity contribution in [1.82, 2.24) is 19.8 Å². The molecule has 3 aromatic rings. The molecule has 0 spiro atoms. The Kier molecular flexibility index (Phi) is 6.72. The van der Waals surface area contributed by atoms with E-state index in [0.717, 1.165) is 35.5 Å². The van der Waals surface area contributed by atoms with Crippen molar-refractivity contribution in [3.05, 3.63) is 70.6 Å². The molecule has 0 unspecified atom stereocenters. The Bertz CT molecular complexity index is 1010. The Morgan fingerprint density at radius 2 is 2.00 bits per heavy atom. The van der Waals surface area contributed by atoms with E-state index in [1.165, 1.54) is 5.69 Å². The van der Waals surface area contributed by atoms with Crippen LogP contribution in [0.2, 0.25) is 5.02 Å². The zero-order valence-electron chi connectivity index (χ0n) is 17.4. The molecular formula is C23H27ClN4O. The van der Waals surface area contributed by atoms with E-state index < -0.39 is 0 Å². The number of aromatic nitrogens is 2. The van der Waals surface area contributed by atoms with E-state index in [0.29, 0.717) is 17.1 Å². The second-order valence-corrected chi connectivity index (χ2v) is 7.72. The number of benzene rings is 1. The van der Waals surface area contributed by atoms with E-state index in [1.54, 1.807) is 12.3 Å². The van der Waals surface area contributed by atoms with Gasteiger partial charge in [0.15, 0.2) is 0 Å². The molecule has 152 valence electrons. The first-order chi connectivity index (χ1) is 13.9. The van der Waals surface area contributed by atoms with Gasteiger partial charge in [-0.05, 0) is 63.3 Å². The van der Waals surface area contributed by atoms with E-state index in [9.17, 15) is 4.79 Å². The normalized spacial score (nSPS) is 11.1. The lowest BCUT2D eigenvalue weighted by atomic mass is 10.1. The largest absolute Gasteiger partial charge is 0.351 e. The molecule has 1 N–H and O–H groups in total. The fourth-order valence-electron chi connectivity index (χ4n) is 3.30. The van der Waals surface area contributed by atoms with Crippen LogP contribution in [0.1, 0.15) is 28.5 Å². The van der Waals surface area contributed by atoms with E-state index in [2.05, 4.69) is 40.8 Å². The van der Waals surface area contributed by atoms with Crippen LogP contribution < -0.4 is 5.32 Å². The maximum Gasteiger partial charge on any atom is 0.251 e. The second-order valence-electron chi connectivity index (χ2n) is 7.31. The van der Waals surface area contributed by atoms with Crippen LogP contribution in [0.3, 0.4) is 0 Å². The number of likely N-dealkylation sites (N-methyl/N-ethyl adjacent to an activating group) is 1. The third-order valence-corrected chi connectivity index (χ3v) is 5.24. The maximum absolute atomic E-state index is 12.4. The molecule has 0 aliphatic carbocycles. The van der Waals surface area contributed by atoms with Crippen molar-refractivity contribution in [1.29, 1.82) is 0 Å². The number of nitrogens with one attached hydrogen (secondary N) is 1. The van der Waals surface area contributed by atoms with E-state index in [-0.39, 0.29) is 5.91 Å². The molecule has 1 aromatic carbocycles. The molecule has 6 heteroatoms. The molecule has 0 aliphatic heterocycles. The lowest BCUT2D eigenvalue weighted by Gasteiger charge is -2.16. The van der Waals surface area contributed by atoms with Gasteiger partial charge in [0.25, 0.3) is 5.91 Å². The smallest absolute Gasteiger partial charge is 0.251 e. The Morgan fingerprint density at radius 3 is 2.66 bits per heavy atom. The number of pyridine rings is 1. The monoisotopic (exact) mass is 410 g/mol. The summed E-state index contributed by atoms with van der Waals surface area (Å²) in [4.78, 5) is 18.7. The highest BCUT2D eigenvalue weighted by Crippen LogP contribution is 2.33. The summed E-state index contributed by atoms with van der Waals surface area (Å²) in [5.74, 6) is -0.118. The summed E-state index contributed by atoms with van der Waals surface area (Å²) in [6.07, 6.45) is 4.56. The quantitative estimate of drug-likeness (QED) is 0.629. The highest BCUT2D eigenvalue weighted by molar-refractivity contribution is 6.33. The van der Waals surface area contributed by atoms with Crippen molar-refractivity contribution in [2.75, 3.05) is 27.2 Å². The van der Waals surface area contributed by atoms with Crippen molar-refractivity contribution in [2.24, 2.45) is 0 Å². The molecule has 0 saturated carbocycles. The van der Waals surface area contributed by atoms with Gasteiger partial charge in [-0.15, -0.1) is 0 Å². The molecule has 0 bridgehead atoms. The summed E-state index contributed by atoms with van der Waals surface area (Å²) in [5.41, 5.74) is 5.79. The molecule has 1 amide bonds. The molecule has 0 saturated heterocycles. The predicted molar refractivity (Wildman–Crippen MR) is 119 cm³/mol. The van der Waals surface area contributed by atoms with Gasteiger partial charge in [-0.3, -0.25) is 9.78 Å². The number of halogens is 1. The van der Waals surface area contributed by atoms with Crippen LogP contribution in [0.5, 0.6) is 0 Å². The van der Waals surface area contributed by atoms with Crippen LogP contribution >= 0.6 is 11.6 Å². The number of rotatable bonds is 7. The minimum Gasteiger partial charge on any atom is -0.351 e. The molecule has 2 aromatic heterocycles. The molecule has 0 aliphatic rings. The van der Waals surface area contributed by atoms with E-state index >= 15 is 0 Å². The first-order valence-electron chi connectivity index (χ1n) is 9.76. The van der Waals surface area contributed by atoms with Gasteiger partial charge in [0.2, 0.25) is 0 Å². The molecule has 29 heavy (non-hydrogen) atoms. The highest BCUT2D eigenvalue weighted by Gasteiger charge is 2.16. The third-order valence-electron chi connectivity index (χ3n) is 4.93. The molecule has 3 rings (SSSR count). The molecule has 0 radical (unpaired) electrons. The fraction of sp³-hybridized carbons (Fsp3) is 0.304. The van der Waals surface area contributed by atoms with Crippen LogP contribution in [-0.4, -0.2) is 47.5 Å². The molecular weight excluding hydrogens is 384 g/mol. The summed E-state index contributed by atoms with van der Waals surface area (Å²) in [6, 6.07) is 11.7. The first-order valence-corrected chi connectivity index (χ1v) is 10.1. The Balaban J connectivity index is 1.95. The summed E-state index contributed by atoms with van der Waals surface area (Å²) >= 11 is 6.63. The van der Waals surface area contributed by atoms with Crippen LogP contribution in [-0.2, 0) is 6.42 Å². The van der Waals surface area contributed by atoms with Crippen molar-refractivity contribution in [3.8, 4) is 16.9 Å². The number of carbonyl (C=O) groups excluding carboxylic acids is 1. The minimum atomic E-state index is -0.118. The van der Waals surface area contributed by atoms with Crippen molar-refractivity contribution in [3.63, 3.8) is 0 Å². The summed E-state index contributed by atoms with van der Waals surface area (Å²) in [5, 5.41) is 3.47. The van der Waals surface area contributed by atoms with Gasteiger partial charge in [0, 0.05) is 36.1 Å². The Morgan fingerprint density at radius 1 is 1.21 bits per heavy atom. The Hall–Kier alpha value is -2.63. The van der Waals surface area contributed by atoms with E-state index in [4.69, 9.17) is 11.6 Å². The highest BCUT2D eigenvalue weighted by atomic mass is 35.5. The zero-order chi connectivity index (χ0) is 21.0. The zero-order valence-corrected chi connectivity index (χ0v) is 18.1. The molecule has 5 nitrogen and oxygen atoms in total. The van der Waals surface area contributed by atoms with Crippen molar-refractivity contribution < 1.29 is 4.79 Å². The number of amides is 1. The standard InChI is InChI=1S/C23H27ClN4O/c1-5-18-7-9-21(28(18)22-15-25-11-10-16(22)2)19-8-6-17(14-20(19)24)23(29)26-12-13-27(3)4/h6-11,14-15H,5,12-13H2,1-4H3,(H,26,29). The third kappa shape index (κ3) is 4.69. The van der Waals surface area contributed by atoms with Gasteiger partial charge in [0.1, 0.15) is 0 Å². The topological polar surface area (TPSA) is 50.2 Å². The first kappa shape index (κ1) is 21.1. The lowest BCUT2D eigenvalue weighted by Crippen LogP contribution is -2.31. The van der Waals surface area contributed by atoms with E-state index in [1.807, 2.05) is 43.4 Å². The Labute approximate surface area is 177 Å². The molecule has 0 atom stereocenters. The van der Waals surface area contributed by atoms with Crippen molar-refractivity contribution >= 4 is 17.5 Å². The predicted octanol–water partition coefficient (Wildman–Crippen LogP) is 4.35. The average molecular weight is 411 g/mol.